The van der Waals surface area contributed by atoms with E-state index in [1.165, 1.54) is 167 Å². The molecule has 408 valence electrons. The minimum absolute atomic E-state index is 0.145. The first-order valence-corrected chi connectivity index (χ1v) is 29.3. The normalized spacial score (nSPS) is 13.1. The fourth-order valence-corrected chi connectivity index (χ4v) is 8.24. The standard InChI is InChI=1S/C61H111NO8/c1-6-8-10-12-14-16-18-20-22-24-25-26-27-28-29-30-31-32-33-34-35-36-38-40-42-44-46-48-50-52-59(64)70-57(56-69-61(60(65)66)67-54-53-62(3,4)5)55-68-58(63)51-49-47-45-43-41-39-37-23-21-19-17-15-13-11-9-7-2/h17-20,23-25,37,57,61H,6-16,21-22,26-36,38-56H2,1-5H3/b19-17-,20-18-,25-24-,37-23-. The van der Waals surface area contributed by atoms with E-state index in [2.05, 4.69) is 62.5 Å². The monoisotopic (exact) mass is 986 g/mol. The van der Waals surface area contributed by atoms with E-state index in [1.54, 1.807) is 0 Å². The van der Waals surface area contributed by atoms with Gasteiger partial charge in [0.25, 0.3) is 0 Å². The highest BCUT2D eigenvalue weighted by Gasteiger charge is 2.22. The van der Waals surface area contributed by atoms with Gasteiger partial charge in [-0.25, -0.2) is 0 Å². The quantitative estimate of drug-likeness (QED) is 0.0195. The summed E-state index contributed by atoms with van der Waals surface area (Å²) >= 11 is 0. The number of aliphatic carboxylic acids is 1. The van der Waals surface area contributed by atoms with Crippen molar-refractivity contribution >= 4 is 17.9 Å². The molecule has 0 saturated heterocycles. The lowest BCUT2D eigenvalue weighted by Crippen LogP contribution is -2.44. The number of unbranched alkanes of at least 4 members (excludes halogenated alkanes) is 31. The summed E-state index contributed by atoms with van der Waals surface area (Å²) in [7, 11) is 5.92. The number of quaternary nitrogens is 1. The van der Waals surface area contributed by atoms with E-state index < -0.39 is 24.3 Å². The van der Waals surface area contributed by atoms with Crippen LogP contribution in [0, 0.1) is 0 Å². The average Bonchev–Trinajstić information content (AvgIpc) is 3.33. The topological polar surface area (TPSA) is 111 Å². The number of esters is 2. The summed E-state index contributed by atoms with van der Waals surface area (Å²) in [6.45, 7) is 4.73. The van der Waals surface area contributed by atoms with Gasteiger partial charge >= 0.3 is 11.9 Å². The van der Waals surface area contributed by atoms with Crippen molar-refractivity contribution < 1.29 is 42.9 Å². The maximum atomic E-state index is 12.9. The first-order valence-electron chi connectivity index (χ1n) is 29.3. The van der Waals surface area contributed by atoms with Crippen molar-refractivity contribution in [2.24, 2.45) is 0 Å². The predicted molar refractivity (Wildman–Crippen MR) is 292 cm³/mol. The second-order valence-corrected chi connectivity index (χ2v) is 20.9. The lowest BCUT2D eigenvalue weighted by molar-refractivity contribution is -0.870. The largest absolute Gasteiger partial charge is 0.545 e. The Bertz CT molecular complexity index is 1290. The highest BCUT2D eigenvalue weighted by molar-refractivity contribution is 5.70. The van der Waals surface area contributed by atoms with E-state index in [4.69, 9.17) is 18.9 Å². The molecule has 70 heavy (non-hydrogen) atoms. The molecule has 0 aromatic carbocycles. The molecule has 0 N–H and O–H groups in total. The number of rotatable bonds is 54. The van der Waals surface area contributed by atoms with Gasteiger partial charge in [0.2, 0.25) is 0 Å². The Balaban J connectivity index is 4.17. The van der Waals surface area contributed by atoms with Crippen LogP contribution >= 0.6 is 0 Å². The summed E-state index contributed by atoms with van der Waals surface area (Å²) in [5.41, 5.74) is 0. The van der Waals surface area contributed by atoms with E-state index >= 15 is 0 Å². The summed E-state index contributed by atoms with van der Waals surface area (Å²) in [6.07, 6.45) is 61.6. The van der Waals surface area contributed by atoms with Gasteiger partial charge in [-0.15, -0.1) is 0 Å². The van der Waals surface area contributed by atoms with Gasteiger partial charge in [0, 0.05) is 12.8 Å². The third-order valence-corrected chi connectivity index (χ3v) is 12.8. The molecule has 0 aromatic heterocycles. The zero-order valence-electron chi connectivity index (χ0n) is 46.4. The highest BCUT2D eigenvalue weighted by Crippen LogP contribution is 2.16. The van der Waals surface area contributed by atoms with Crippen LogP contribution in [0.5, 0.6) is 0 Å². The fraction of sp³-hybridized carbons (Fsp3) is 0.820. The number of carboxylic acids is 1. The zero-order valence-corrected chi connectivity index (χ0v) is 46.4. The van der Waals surface area contributed by atoms with E-state index in [0.29, 0.717) is 17.4 Å². The molecule has 0 aliphatic heterocycles. The van der Waals surface area contributed by atoms with Crippen molar-refractivity contribution in [2.75, 3.05) is 47.5 Å². The minimum Gasteiger partial charge on any atom is -0.545 e. The van der Waals surface area contributed by atoms with Gasteiger partial charge < -0.3 is 33.3 Å². The van der Waals surface area contributed by atoms with Gasteiger partial charge in [-0.05, 0) is 77.0 Å². The van der Waals surface area contributed by atoms with E-state index in [0.717, 1.165) is 64.2 Å². The maximum Gasteiger partial charge on any atom is 0.306 e. The molecule has 2 atom stereocenters. The molecule has 0 aliphatic rings. The first kappa shape index (κ1) is 67.2. The van der Waals surface area contributed by atoms with Crippen molar-refractivity contribution in [1.82, 2.24) is 0 Å². The van der Waals surface area contributed by atoms with Gasteiger partial charge in [-0.3, -0.25) is 9.59 Å². The summed E-state index contributed by atoms with van der Waals surface area (Å²) in [6, 6.07) is 0. The minimum atomic E-state index is -1.62. The summed E-state index contributed by atoms with van der Waals surface area (Å²) in [4.78, 5) is 37.2. The summed E-state index contributed by atoms with van der Waals surface area (Å²) in [5.74, 6) is -2.29. The van der Waals surface area contributed by atoms with E-state index in [-0.39, 0.29) is 38.6 Å². The lowest BCUT2D eigenvalue weighted by Gasteiger charge is -2.26. The molecule has 0 aromatic rings. The van der Waals surface area contributed by atoms with Crippen molar-refractivity contribution in [3.63, 3.8) is 0 Å². The van der Waals surface area contributed by atoms with Crippen LogP contribution < -0.4 is 5.11 Å². The predicted octanol–water partition coefficient (Wildman–Crippen LogP) is 15.7. The average molecular weight is 987 g/mol. The van der Waals surface area contributed by atoms with Crippen LogP contribution in [-0.2, 0) is 33.3 Å². The molecule has 9 nitrogen and oxygen atoms in total. The number of hydrogen-bond acceptors (Lipinski definition) is 8. The molecule has 0 rings (SSSR count). The molecule has 0 fully saturated rings. The molecular weight excluding hydrogens is 875 g/mol. The number of nitrogens with zero attached hydrogens (tertiary/aromatic N) is 1. The molecule has 0 bridgehead atoms. The van der Waals surface area contributed by atoms with Crippen molar-refractivity contribution in [1.29, 1.82) is 0 Å². The summed E-state index contributed by atoms with van der Waals surface area (Å²) < 4.78 is 22.7. The molecule has 0 heterocycles. The first-order chi connectivity index (χ1) is 34.1. The molecule has 0 amide bonds. The number of carboxylic acid groups (broad SMARTS) is 1. The second kappa shape index (κ2) is 52.6. The van der Waals surface area contributed by atoms with Crippen molar-refractivity contribution in [3.05, 3.63) is 48.6 Å². The van der Waals surface area contributed by atoms with Gasteiger partial charge in [0.1, 0.15) is 13.2 Å². The number of likely N-dealkylation sites (N-methyl/N-ethyl adjacent to an activating group) is 1. The van der Waals surface area contributed by atoms with Gasteiger partial charge in [0.05, 0.1) is 40.3 Å². The number of carbonyl (C=O) groups excluding carboxylic acids is 3. The van der Waals surface area contributed by atoms with Crippen molar-refractivity contribution in [3.8, 4) is 0 Å². The van der Waals surface area contributed by atoms with E-state index in [1.807, 2.05) is 21.1 Å². The van der Waals surface area contributed by atoms with Crippen LogP contribution in [0.3, 0.4) is 0 Å². The molecule has 0 radical (unpaired) electrons. The third kappa shape index (κ3) is 53.1. The smallest absolute Gasteiger partial charge is 0.306 e. The Kier molecular flexibility index (Phi) is 50.5. The van der Waals surface area contributed by atoms with Gasteiger partial charge in [-0.2, -0.15) is 0 Å². The number of hydrogen-bond donors (Lipinski definition) is 0. The fourth-order valence-electron chi connectivity index (χ4n) is 8.24. The lowest BCUT2D eigenvalue weighted by atomic mass is 10.0. The van der Waals surface area contributed by atoms with E-state index in [9.17, 15) is 19.5 Å². The number of carbonyl (C=O) groups is 3. The number of allylic oxidation sites excluding steroid dienone is 8. The second-order valence-electron chi connectivity index (χ2n) is 20.9. The highest BCUT2D eigenvalue weighted by atomic mass is 16.7. The third-order valence-electron chi connectivity index (χ3n) is 12.8. The van der Waals surface area contributed by atoms with Crippen LogP contribution in [0.4, 0.5) is 0 Å². The van der Waals surface area contributed by atoms with Crippen LogP contribution in [0.25, 0.3) is 0 Å². The number of ether oxygens (including phenoxy) is 4. The zero-order chi connectivity index (χ0) is 51.3. The van der Waals surface area contributed by atoms with Crippen LogP contribution in [0.2, 0.25) is 0 Å². The summed E-state index contributed by atoms with van der Waals surface area (Å²) in [5, 5.41) is 11.8. The molecule has 0 spiro atoms. The molecular formula is C61H111NO8. The van der Waals surface area contributed by atoms with Crippen LogP contribution in [0.15, 0.2) is 48.6 Å². The molecule has 2 unspecified atom stereocenters. The Morgan fingerprint density at radius 1 is 0.429 bits per heavy atom. The molecule has 0 aliphatic carbocycles. The molecule has 9 heteroatoms. The van der Waals surface area contributed by atoms with Crippen LogP contribution in [0.1, 0.15) is 264 Å². The Morgan fingerprint density at radius 2 is 0.771 bits per heavy atom. The Morgan fingerprint density at radius 3 is 1.14 bits per heavy atom. The van der Waals surface area contributed by atoms with Crippen molar-refractivity contribution in [2.45, 2.75) is 277 Å². The Labute approximate surface area is 432 Å². The Hall–Kier alpha value is -2.75. The molecule has 0 saturated carbocycles. The SMILES string of the molecule is CCCCCC/C=C\C/C=C\CCCCCCCC(=O)OCC(COC(OCC[N+](C)(C)C)C(=O)[O-])OC(=O)CCCCCCCCCCCCCCCCCCC/C=C\C/C=C\CCCCCCC. The van der Waals surface area contributed by atoms with Gasteiger partial charge in [-0.1, -0.05) is 223 Å². The van der Waals surface area contributed by atoms with Gasteiger partial charge in [0.15, 0.2) is 12.4 Å². The maximum absolute atomic E-state index is 12.9. The van der Waals surface area contributed by atoms with Crippen LogP contribution in [-0.4, -0.2) is 82.3 Å².